The van der Waals surface area contributed by atoms with Crippen LogP contribution in [0.4, 0.5) is 5.82 Å². The first-order chi connectivity index (χ1) is 16.7. The number of nitrogen functional groups attached to an aromatic ring is 1. The highest BCUT2D eigenvalue weighted by molar-refractivity contribution is 6.31. The number of hydrogen-bond acceptors (Lipinski definition) is 3. The van der Waals surface area contributed by atoms with Gasteiger partial charge in [0.2, 0.25) is 0 Å². The summed E-state index contributed by atoms with van der Waals surface area (Å²) in [7, 11) is 0. The van der Waals surface area contributed by atoms with Gasteiger partial charge in [0, 0.05) is 56.5 Å². The lowest BCUT2D eigenvalue weighted by Crippen LogP contribution is -2.03. The fourth-order valence-electron chi connectivity index (χ4n) is 4.48. The van der Waals surface area contributed by atoms with Crippen LogP contribution in [0.2, 0.25) is 5.02 Å². The zero-order valence-electron chi connectivity index (χ0n) is 18.2. The third-order valence-corrected chi connectivity index (χ3v) is 6.52. The van der Waals surface area contributed by atoms with Gasteiger partial charge in [-0.15, -0.1) is 0 Å². The van der Waals surface area contributed by atoms with E-state index >= 15 is 0 Å². The molecular weight excluding hydrogens is 444 g/mol. The Labute approximate surface area is 201 Å². The minimum Gasteiger partial charge on any atom is -0.485 e. The number of fused-ring (bicyclic) bond motifs is 2. The minimum atomic E-state index is 0.263. The second-order valence-corrected chi connectivity index (χ2v) is 8.56. The van der Waals surface area contributed by atoms with Gasteiger partial charge in [-0.05, 0) is 53.1 Å². The molecule has 0 radical (unpaired) electrons. The van der Waals surface area contributed by atoms with Crippen LogP contribution in [0.25, 0.3) is 44.1 Å². The Kier molecular flexibility index (Phi) is 4.97. The van der Waals surface area contributed by atoms with Crippen LogP contribution in [0.3, 0.4) is 0 Å². The fraction of sp³-hybridized carbons (Fsp3) is 0.0357. The topological polar surface area (TPSA) is 79.7 Å². The van der Waals surface area contributed by atoms with E-state index in [1.165, 1.54) is 0 Å². The Balaban J connectivity index is 1.37. The molecule has 0 atom stereocenters. The fourth-order valence-corrected chi connectivity index (χ4v) is 4.71. The van der Waals surface area contributed by atoms with Crippen LogP contribution < -0.4 is 10.5 Å². The van der Waals surface area contributed by atoms with Crippen molar-refractivity contribution >= 4 is 39.2 Å². The van der Waals surface area contributed by atoms with Crippen molar-refractivity contribution in [3.05, 3.63) is 102 Å². The van der Waals surface area contributed by atoms with E-state index in [9.17, 15) is 0 Å². The SMILES string of the molecule is Nc1ncc(-c2cccc3[nH]ccc23)cc1OCc1c(Cl)cccc1-c1cccc2[nH]ccc12. The van der Waals surface area contributed by atoms with Crippen LogP contribution in [0.1, 0.15) is 5.56 Å². The predicted molar refractivity (Wildman–Crippen MR) is 139 cm³/mol. The van der Waals surface area contributed by atoms with Crippen molar-refractivity contribution in [1.82, 2.24) is 15.0 Å². The van der Waals surface area contributed by atoms with Gasteiger partial charge in [-0.3, -0.25) is 0 Å². The molecule has 4 N–H and O–H groups in total. The van der Waals surface area contributed by atoms with E-state index in [0.29, 0.717) is 16.6 Å². The van der Waals surface area contributed by atoms with Gasteiger partial charge in [-0.2, -0.15) is 0 Å². The molecule has 0 aliphatic rings. The third kappa shape index (κ3) is 3.47. The number of aromatic nitrogens is 3. The number of aromatic amines is 2. The summed E-state index contributed by atoms with van der Waals surface area (Å²) in [5, 5.41) is 2.90. The van der Waals surface area contributed by atoms with E-state index in [2.05, 4.69) is 51.4 Å². The van der Waals surface area contributed by atoms with E-state index in [4.69, 9.17) is 22.1 Å². The number of nitrogens with zero attached hydrogens (tertiary/aromatic N) is 1. The first kappa shape index (κ1) is 20.4. The van der Waals surface area contributed by atoms with Crippen molar-refractivity contribution in [2.75, 3.05) is 5.73 Å². The molecule has 166 valence electrons. The Morgan fingerprint density at radius 3 is 2.21 bits per heavy atom. The zero-order valence-corrected chi connectivity index (χ0v) is 18.9. The second-order valence-electron chi connectivity index (χ2n) is 8.15. The molecule has 0 amide bonds. The molecule has 6 rings (SSSR count). The van der Waals surface area contributed by atoms with Crippen molar-refractivity contribution in [1.29, 1.82) is 0 Å². The number of ether oxygens (including phenoxy) is 1. The molecule has 0 saturated heterocycles. The van der Waals surface area contributed by atoms with Crippen LogP contribution in [0.15, 0.2) is 91.4 Å². The number of benzene rings is 3. The maximum Gasteiger partial charge on any atom is 0.166 e. The number of hydrogen-bond donors (Lipinski definition) is 3. The van der Waals surface area contributed by atoms with Crippen molar-refractivity contribution < 1.29 is 4.74 Å². The lowest BCUT2D eigenvalue weighted by molar-refractivity contribution is 0.307. The standard InChI is InChI=1S/C28H21ClN4O/c29-24-7-1-5-20(19-6-3-9-26-22(19)11-13-32-26)23(24)16-34-27-14-17(15-33-28(27)30)18-4-2-8-25-21(18)10-12-31-25/h1-15,31-32H,16H2,(H2,30,33). The molecule has 5 nitrogen and oxygen atoms in total. The molecule has 3 aromatic heterocycles. The lowest BCUT2D eigenvalue weighted by atomic mass is 9.97. The maximum absolute atomic E-state index is 6.65. The van der Waals surface area contributed by atoms with Crippen molar-refractivity contribution in [2.45, 2.75) is 6.61 Å². The highest BCUT2D eigenvalue weighted by Gasteiger charge is 2.15. The Morgan fingerprint density at radius 1 is 0.794 bits per heavy atom. The number of pyridine rings is 1. The van der Waals surface area contributed by atoms with E-state index in [-0.39, 0.29) is 6.61 Å². The summed E-state index contributed by atoms with van der Waals surface area (Å²) in [5.41, 5.74) is 13.4. The zero-order chi connectivity index (χ0) is 23.1. The molecule has 0 spiro atoms. The van der Waals surface area contributed by atoms with Gasteiger partial charge in [-0.25, -0.2) is 4.98 Å². The Hall–Kier alpha value is -4.22. The van der Waals surface area contributed by atoms with Crippen LogP contribution in [-0.4, -0.2) is 15.0 Å². The molecule has 0 bridgehead atoms. The number of nitrogens with one attached hydrogen (secondary N) is 2. The molecule has 3 aromatic carbocycles. The summed E-state index contributed by atoms with van der Waals surface area (Å²) in [6, 6.07) is 24.3. The largest absolute Gasteiger partial charge is 0.485 e. The van der Waals surface area contributed by atoms with Gasteiger partial charge in [-0.1, -0.05) is 48.0 Å². The van der Waals surface area contributed by atoms with Gasteiger partial charge in [0.25, 0.3) is 0 Å². The normalized spacial score (nSPS) is 11.3. The molecule has 0 unspecified atom stereocenters. The Morgan fingerprint density at radius 2 is 1.44 bits per heavy atom. The summed E-state index contributed by atoms with van der Waals surface area (Å²) in [6.07, 6.45) is 5.65. The number of rotatable bonds is 5. The second kappa shape index (κ2) is 8.28. The van der Waals surface area contributed by atoms with Gasteiger partial charge >= 0.3 is 0 Å². The number of halogens is 1. The van der Waals surface area contributed by atoms with Gasteiger partial charge in [0.1, 0.15) is 6.61 Å². The number of H-pyrrole nitrogens is 2. The molecule has 0 aliphatic heterocycles. The average molecular weight is 465 g/mol. The van der Waals surface area contributed by atoms with Crippen molar-refractivity contribution in [3.63, 3.8) is 0 Å². The lowest BCUT2D eigenvalue weighted by Gasteiger charge is -2.15. The summed E-state index contributed by atoms with van der Waals surface area (Å²) in [4.78, 5) is 10.9. The molecule has 0 saturated carbocycles. The van der Waals surface area contributed by atoms with Gasteiger partial charge < -0.3 is 20.4 Å². The summed E-state index contributed by atoms with van der Waals surface area (Å²) in [6.45, 7) is 0.263. The maximum atomic E-state index is 6.65. The van der Waals surface area contributed by atoms with Crippen molar-refractivity contribution in [2.24, 2.45) is 0 Å². The monoisotopic (exact) mass is 464 g/mol. The molecule has 6 heteroatoms. The highest BCUT2D eigenvalue weighted by Crippen LogP contribution is 2.36. The summed E-state index contributed by atoms with van der Waals surface area (Å²) in [5.74, 6) is 0.863. The smallest absolute Gasteiger partial charge is 0.166 e. The Bertz CT molecular complexity index is 1650. The molecule has 34 heavy (non-hydrogen) atoms. The van der Waals surface area contributed by atoms with E-state index < -0.39 is 0 Å². The molecule has 0 aliphatic carbocycles. The molecule has 0 fully saturated rings. The van der Waals surface area contributed by atoms with E-state index in [0.717, 1.165) is 49.6 Å². The summed E-state index contributed by atoms with van der Waals surface area (Å²) < 4.78 is 6.23. The van der Waals surface area contributed by atoms with Crippen LogP contribution in [0.5, 0.6) is 5.75 Å². The average Bonchev–Trinajstić information content (AvgIpc) is 3.53. The quantitative estimate of drug-likeness (QED) is 0.252. The molecule has 6 aromatic rings. The summed E-state index contributed by atoms with van der Waals surface area (Å²) >= 11 is 6.65. The highest BCUT2D eigenvalue weighted by atomic mass is 35.5. The van der Waals surface area contributed by atoms with Crippen LogP contribution >= 0.6 is 11.6 Å². The molecule has 3 heterocycles. The van der Waals surface area contributed by atoms with Crippen molar-refractivity contribution in [3.8, 4) is 28.0 Å². The third-order valence-electron chi connectivity index (χ3n) is 6.16. The predicted octanol–water partition coefficient (Wildman–Crippen LogP) is 7.19. The first-order valence-electron chi connectivity index (χ1n) is 11.0. The van der Waals surface area contributed by atoms with Gasteiger partial charge in [0.15, 0.2) is 11.6 Å². The van der Waals surface area contributed by atoms with E-state index in [1.54, 1.807) is 6.20 Å². The van der Waals surface area contributed by atoms with E-state index in [1.807, 2.05) is 48.8 Å². The van der Waals surface area contributed by atoms with Crippen LogP contribution in [0, 0.1) is 0 Å². The van der Waals surface area contributed by atoms with Crippen LogP contribution in [-0.2, 0) is 6.61 Å². The number of anilines is 1. The molecular formula is C28H21ClN4O. The minimum absolute atomic E-state index is 0.263. The first-order valence-corrected chi connectivity index (χ1v) is 11.4. The number of nitrogens with two attached hydrogens (primary N) is 1. The van der Waals surface area contributed by atoms with Gasteiger partial charge in [0.05, 0.1) is 0 Å².